The molecule has 19 heavy (non-hydrogen) atoms. The smallest absolute Gasteiger partial charge is 0.244 e. The van der Waals surface area contributed by atoms with Crippen molar-refractivity contribution in [2.45, 2.75) is 17.9 Å². The highest BCUT2D eigenvalue weighted by molar-refractivity contribution is 7.89. The SMILES string of the molecule is CC#CC1CN(S(=O)(=O)c2ccc(N)nc2)CCN1. The second-order valence-electron chi connectivity index (χ2n) is 4.18. The number of sulfonamides is 1. The van der Waals surface area contributed by atoms with E-state index >= 15 is 0 Å². The number of anilines is 1. The molecule has 1 aliphatic heterocycles. The maximum absolute atomic E-state index is 12.4. The summed E-state index contributed by atoms with van der Waals surface area (Å²) in [4.78, 5) is 3.98. The zero-order valence-electron chi connectivity index (χ0n) is 10.6. The number of aromatic nitrogens is 1. The van der Waals surface area contributed by atoms with Gasteiger partial charge in [-0.2, -0.15) is 4.31 Å². The molecular formula is C12H16N4O2S. The number of nitrogens with one attached hydrogen (secondary N) is 1. The van der Waals surface area contributed by atoms with Crippen LogP contribution in [0.1, 0.15) is 6.92 Å². The molecule has 1 fully saturated rings. The van der Waals surface area contributed by atoms with Crippen LogP contribution in [0.5, 0.6) is 0 Å². The van der Waals surface area contributed by atoms with Crippen molar-refractivity contribution in [3.05, 3.63) is 18.3 Å². The van der Waals surface area contributed by atoms with Gasteiger partial charge in [-0.25, -0.2) is 13.4 Å². The quantitative estimate of drug-likeness (QED) is 0.723. The molecule has 1 atom stereocenters. The van der Waals surface area contributed by atoms with Crippen LogP contribution in [-0.2, 0) is 10.0 Å². The highest BCUT2D eigenvalue weighted by Crippen LogP contribution is 2.17. The van der Waals surface area contributed by atoms with E-state index in [1.165, 1.54) is 22.6 Å². The summed E-state index contributed by atoms with van der Waals surface area (Å²) in [5, 5.41) is 3.17. The maximum Gasteiger partial charge on any atom is 0.244 e. The molecule has 1 saturated heterocycles. The molecule has 2 rings (SSSR count). The third-order valence-corrected chi connectivity index (χ3v) is 4.70. The van der Waals surface area contributed by atoms with Crippen LogP contribution in [0, 0.1) is 11.8 Å². The Bertz CT molecular complexity index is 601. The van der Waals surface area contributed by atoms with Crippen molar-refractivity contribution in [3.8, 4) is 11.8 Å². The molecule has 1 aliphatic rings. The average molecular weight is 280 g/mol. The molecule has 1 unspecified atom stereocenters. The molecule has 1 aromatic rings. The van der Waals surface area contributed by atoms with Gasteiger partial charge in [-0.1, -0.05) is 5.92 Å². The van der Waals surface area contributed by atoms with Crippen LogP contribution in [0.3, 0.4) is 0 Å². The monoisotopic (exact) mass is 280 g/mol. The summed E-state index contributed by atoms with van der Waals surface area (Å²) in [5.74, 6) is 6.04. The average Bonchev–Trinajstić information content (AvgIpc) is 2.40. The highest BCUT2D eigenvalue weighted by Gasteiger charge is 2.29. The third kappa shape index (κ3) is 3.04. The molecule has 0 aromatic carbocycles. The van der Waals surface area contributed by atoms with Crippen molar-refractivity contribution in [1.82, 2.24) is 14.6 Å². The van der Waals surface area contributed by atoms with E-state index < -0.39 is 10.0 Å². The lowest BCUT2D eigenvalue weighted by Gasteiger charge is -2.30. The standard InChI is InChI=1S/C12H16N4O2S/c1-2-3-10-9-16(7-6-14-10)19(17,18)11-4-5-12(13)15-8-11/h4-5,8,10,14H,6-7,9H2,1H3,(H2,13,15). The van der Waals surface area contributed by atoms with E-state index in [1.807, 2.05) is 0 Å². The fourth-order valence-corrected chi connectivity index (χ4v) is 3.31. The largest absolute Gasteiger partial charge is 0.384 e. The van der Waals surface area contributed by atoms with Gasteiger partial charge in [0.15, 0.2) is 0 Å². The molecule has 3 N–H and O–H groups in total. The van der Waals surface area contributed by atoms with Gasteiger partial charge in [0.25, 0.3) is 0 Å². The number of nitrogen functional groups attached to an aromatic ring is 1. The van der Waals surface area contributed by atoms with Crippen molar-refractivity contribution in [1.29, 1.82) is 0 Å². The minimum Gasteiger partial charge on any atom is -0.384 e. The van der Waals surface area contributed by atoms with E-state index in [9.17, 15) is 8.42 Å². The number of piperazine rings is 1. The molecule has 0 radical (unpaired) electrons. The zero-order chi connectivity index (χ0) is 13.9. The van der Waals surface area contributed by atoms with Gasteiger partial charge in [-0.15, -0.1) is 5.92 Å². The number of hydrogen-bond donors (Lipinski definition) is 2. The Labute approximate surface area is 113 Å². The van der Waals surface area contributed by atoms with E-state index in [1.54, 1.807) is 6.92 Å². The van der Waals surface area contributed by atoms with Gasteiger partial charge in [0, 0.05) is 25.8 Å². The number of nitrogens with two attached hydrogens (primary N) is 1. The molecule has 0 aliphatic carbocycles. The van der Waals surface area contributed by atoms with Crippen LogP contribution in [-0.4, -0.2) is 43.4 Å². The van der Waals surface area contributed by atoms with E-state index in [0.29, 0.717) is 25.5 Å². The molecule has 2 heterocycles. The van der Waals surface area contributed by atoms with Crippen LogP contribution in [0.25, 0.3) is 0 Å². The minimum absolute atomic E-state index is 0.129. The van der Waals surface area contributed by atoms with Gasteiger partial charge >= 0.3 is 0 Å². The van der Waals surface area contributed by atoms with Crippen LogP contribution in [0.2, 0.25) is 0 Å². The maximum atomic E-state index is 12.4. The summed E-state index contributed by atoms with van der Waals surface area (Å²) in [6.45, 7) is 3.09. The predicted molar refractivity (Wildman–Crippen MR) is 72.6 cm³/mol. The second kappa shape index (κ2) is 5.57. The molecule has 6 nitrogen and oxygen atoms in total. The van der Waals surface area contributed by atoms with Crippen LogP contribution >= 0.6 is 0 Å². The van der Waals surface area contributed by atoms with Crippen molar-refractivity contribution >= 4 is 15.8 Å². The molecule has 0 saturated carbocycles. The van der Waals surface area contributed by atoms with Crippen LogP contribution < -0.4 is 11.1 Å². The van der Waals surface area contributed by atoms with Crippen LogP contribution in [0.4, 0.5) is 5.82 Å². The van der Waals surface area contributed by atoms with Crippen molar-refractivity contribution in [3.63, 3.8) is 0 Å². The van der Waals surface area contributed by atoms with Crippen molar-refractivity contribution in [2.24, 2.45) is 0 Å². The Hall–Kier alpha value is -1.62. The Balaban J connectivity index is 2.23. The second-order valence-corrected chi connectivity index (χ2v) is 6.12. The lowest BCUT2D eigenvalue weighted by atomic mass is 10.2. The molecule has 7 heteroatoms. The topological polar surface area (TPSA) is 88.3 Å². The summed E-state index contributed by atoms with van der Waals surface area (Å²) >= 11 is 0. The van der Waals surface area contributed by atoms with Gasteiger partial charge in [0.05, 0.1) is 6.04 Å². The van der Waals surface area contributed by atoms with Crippen LogP contribution in [0.15, 0.2) is 23.2 Å². The van der Waals surface area contributed by atoms with E-state index in [0.717, 1.165) is 0 Å². The number of rotatable bonds is 2. The van der Waals surface area contributed by atoms with Crippen molar-refractivity contribution in [2.75, 3.05) is 25.4 Å². The van der Waals surface area contributed by atoms with E-state index in [2.05, 4.69) is 22.1 Å². The molecule has 0 bridgehead atoms. The van der Waals surface area contributed by atoms with E-state index in [4.69, 9.17) is 5.73 Å². The summed E-state index contributed by atoms with van der Waals surface area (Å²) < 4.78 is 26.3. The molecule has 0 spiro atoms. The third-order valence-electron chi connectivity index (χ3n) is 2.85. The molecule has 0 amide bonds. The predicted octanol–water partition coefficient (Wildman–Crippen LogP) is -0.350. The first-order valence-corrected chi connectivity index (χ1v) is 7.35. The fraction of sp³-hybridized carbons (Fsp3) is 0.417. The molecule has 1 aromatic heterocycles. The summed E-state index contributed by atoms with van der Waals surface area (Å²) in [5.41, 5.74) is 5.46. The van der Waals surface area contributed by atoms with Gasteiger partial charge in [0.2, 0.25) is 10.0 Å². The molecular weight excluding hydrogens is 264 g/mol. The Kier molecular flexibility index (Phi) is 4.04. The Morgan fingerprint density at radius 2 is 2.32 bits per heavy atom. The fourth-order valence-electron chi connectivity index (χ4n) is 1.91. The lowest BCUT2D eigenvalue weighted by molar-refractivity contribution is 0.331. The molecule has 102 valence electrons. The first-order chi connectivity index (χ1) is 9.04. The first kappa shape index (κ1) is 13.8. The Morgan fingerprint density at radius 1 is 1.53 bits per heavy atom. The number of hydrogen-bond acceptors (Lipinski definition) is 5. The zero-order valence-corrected chi connectivity index (χ0v) is 11.4. The van der Waals surface area contributed by atoms with Gasteiger partial charge in [0.1, 0.15) is 10.7 Å². The van der Waals surface area contributed by atoms with E-state index in [-0.39, 0.29) is 10.9 Å². The number of nitrogens with zero attached hydrogens (tertiary/aromatic N) is 2. The summed E-state index contributed by atoms with van der Waals surface area (Å²) in [6.07, 6.45) is 1.28. The first-order valence-electron chi connectivity index (χ1n) is 5.91. The van der Waals surface area contributed by atoms with Gasteiger partial charge < -0.3 is 11.1 Å². The Morgan fingerprint density at radius 3 is 2.95 bits per heavy atom. The summed E-state index contributed by atoms with van der Waals surface area (Å²) in [6, 6.07) is 2.83. The normalized spacial score (nSPS) is 20.6. The minimum atomic E-state index is -3.52. The van der Waals surface area contributed by atoms with Gasteiger partial charge in [-0.05, 0) is 19.1 Å². The summed E-state index contributed by atoms with van der Waals surface area (Å²) in [7, 11) is -3.52. The van der Waals surface area contributed by atoms with Crippen molar-refractivity contribution < 1.29 is 8.42 Å². The lowest BCUT2D eigenvalue weighted by Crippen LogP contribution is -2.51. The highest BCUT2D eigenvalue weighted by atomic mass is 32.2. The number of pyridine rings is 1. The van der Waals surface area contributed by atoms with Gasteiger partial charge in [-0.3, -0.25) is 0 Å².